The third-order valence-corrected chi connectivity index (χ3v) is 4.21. The zero-order chi connectivity index (χ0) is 16.9. The molecule has 0 spiro atoms. The van der Waals surface area contributed by atoms with Crippen molar-refractivity contribution in [2.45, 2.75) is 0 Å². The Hall–Kier alpha value is -2.18. The Morgan fingerprint density at radius 3 is 2.67 bits per heavy atom. The number of anilines is 2. The summed E-state index contributed by atoms with van der Waals surface area (Å²) in [7, 11) is 0. The summed E-state index contributed by atoms with van der Waals surface area (Å²) in [5.41, 5.74) is 0.499. The molecule has 1 aromatic carbocycles. The molecule has 0 atom stereocenters. The number of hydrogen-bond acceptors (Lipinski definition) is 4. The number of aromatic nitrogens is 1. The molecule has 0 saturated carbocycles. The Morgan fingerprint density at radius 1 is 1.21 bits per heavy atom. The highest BCUT2D eigenvalue weighted by molar-refractivity contribution is 6.31. The predicted octanol–water partition coefficient (Wildman–Crippen LogP) is 2.63. The number of nitrogens with zero attached hydrogens (tertiary/aromatic N) is 3. The molecule has 1 fully saturated rings. The highest BCUT2D eigenvalue weighted by Gasteiger charge is 2.19. The smallest absolute Gasteiger partial charge is 0.238 e. The van der Waals surface area contributed by atoms with Gasteiger partial charge in [-0.3, -0.25) is 9.69 Å². The van der Waals surface area contributed by atoms with Gasteiger partial charge in [0.2, 0.25) is 5.91 Å². The van der Waals surface area contributed by atoms with Gasteiger partial charge in [0.1, 0.15) is 11.6 Å². The second-order valence-electron chi connectivity index (χ2n) is 5.63. The molecule has 126 valence electrons. The Kier molecular flexibility index (Phi) is 5.27. The molecule has 0 aliphatic carbocycles. The van der Waals surface area contributed by atoms with E-state index in [0.717, 1.165) is 32.0 Å². The highest BCUT2D eigenvalue weighted by atomic mass is 35.5. The minimum atomic E-state index is -0.500. The van der Waals surface area contributed by atoms with E-state index in [1.54, 1.807) is 6.20 Å². The van der Waals surface area contributed by atoms with Gasteiger partial charge in [0.05, 0.1) is 11.6 Å². The number of piperazine rings is 1. The molecule has 1 saturated heterocycles. The first-order valence-corrected chi connectivity index (χ1v) is 8.13. The van der Waals surface area contributed by atoms with Gasteiger partial charge in [0.25, 0.3) is 0 Å². The molecule has 0 unspecified atom stereocenters. The number of nitrogens with one attached hydrogen (secondary N) is 1. The predicted molar refractivity (Wildman–Crippen MR) is 92.9 cm³/mol. The molecule has 0 radical (unpaired) electrons. The molecule has 24 heavy (non-hydrogen) atoms. The number of benzene rings is 1. The number of rotatable bonds is 4. The van der Waals surface area contributed by atoms with E-state index in [-0.39, 0.29) is 10.9 Å². The number of pyridine rings is 1. The summed E-state index contributed by atoms with van der Waals surface area (Å²) >= 11 is 5.72. The number of carbonyl (C=O) groups excluding carboxylic acids is 1. The second kappa shape index (κ2) is 7.59. The van der Waals surface area contributed by atoms with Crippen LogP contribution < -0.4 is 10.2 Å². The van der Waals surface area contributed by atoms with Gasteiger partial charge in [0.15, 0.2) is 0 Å². The lowest BCUT2D eigenvalue weighted by atomic mass is 10.3. The Labute approximate surface area is 145 Å². The van der Waals surface area contributed by atoms with Crippen LogP contribution in [0.5, 0.6) is 0 Å². The zero-order valence-corrected chi connectivity index (χ0v) is 13.8. The van der Waals surface area contributed by atoms with Gasteiger partial charge >= 0.3 is 0 Å². The van der Waals surface area contributed by atoms with Crippen molar-refractivity contribution in [2.24, 2.45) is 0 Å². The number of carbonyl (C=O) groups is 1. The topological polar surface area (TPSA) is 48.5 Å². The molecule has 0 bridgehead atoms. The molecular weight excluding hydrogens is 331 g/mol. The zero-order valence-electron chi connectivity index (χ0n) is 13.1. The van der Waals surface area contributed by atoms with Crippen molar-refractivity contribution < 1.29 is 9.18 Å². The molecule has 2 aromatic rings. The Morgan fingerprint density at radius 2 is 2.00 bits per heavy atom. The normalized spacial score (nSPS) is 15.3. The van der Waals surface area contributed by atoms with Crippen LogP contribution in [0.15, 0.2) is 42.6 Å². The molecule has 2 heterocycles. The molecule has 5 nitrogen and oxygen atoms in total. The van der Waals surface area contributed by atoms with Crippen LogP contribution in [0.25, 0.3) is 0 Å². The molecule has 1 aliphatic heterocycles. The van der Waals surface area contributed by atoms with Crippen molar-refractivity contribution in [3.63, 3.8) is 0 Å². The minimum absolute atomic E-state index is 0.00299. The van der Waals surface area contributed by atoms with Gasteiger partial charge in [-0.1, -0.05) is 17.7 Å². The summed E-state index contributed by atoms with van der Waals surface area (Å²) in [5.74, 6) is 0.326. The van der Waals surface area contributed by atoms with Gasteiger partial charge in [-0.05, 0) is 30.3 Å². The summed E-state index contributed by atoms with van der Waals surface area (Å²) in [6, 6.07) is 10.00. The van der Waals surface area contributed by atoms with Crippen molar-refractivity contribution in [3.05, 3.63) is 53.4 Å². The fourth-order valence-corrected chi connectivity index (χ4v) is 2.83. The van der Waals surface area contributed by atoms with Crippen LogP contribution in [-0.4, -0.2) is 48.5 Å². The fraction of sp³-hybridized carbons (Fsp3) is 0.294. The third kappa shape index (κ3) is 4.21. The third-order valence-electron chi connectivity index (χ3n) is 3.92. The fourth-order valence-electron chi connectivity index (χ4n) is 2.65. The number of halogens is 2. The molecule has 1 aliphatic rings. The summed E-state index contributed by atoms with van der Waals surface area (Å²) in [5, 5.41) is 2.74. The first-order valence-electron chi connectivity index (χ1n) is 7.75. The SMILES string of the molecule is O=C(CN1CCN(c2ccccn2)CC1)Nc1ccc(F)c(Cl)c1. The Balaban J connectivity index is 1.49. The largest absolute Gasteiger partial charge is 0.354 e. The van der Waals surface area contributed by atoms with E-state index in [4.69, 9.17) is 11.6 Å². The first kappa shape index (κ1) is 16.7. The van der Waals surface area contributed by atoms with Crippen molar-refractivity contribution in [1.82, 2.24) is 9.88 Å². The highest BCUT2D eigenvalue weighted by Crippen LogP contribution is 2.19. The van der Waals surface area contributed by atoms with Crippen molar-refractivity contribution in [3.8, 4) is 0 Å². The van der Waals surface area contributed by atoms with E-state index in [9.17, 15) is 9.18 Å². The van der Waals surface area contributed by atoms with E-state index >= 15 is 0 Å². The lowest BCUT2D eigenvalue weighted by Gasteiger charge is -2.34. The second-order valence-corrected chi connectivity index (χ2v) is 6.04. The monoisotopic (exact) mass is 348 g/mol. The molecular formula is C17H18ClFN4O. The van der Waals surface area contributed by atoms with E-state index in [1.807, 2.05) is 18.2 Å². The molecule has 1 N–H and O–H groups in total. The summed E-state index contributed by atoms with van der Waals surface area (Å²) in [6.45, 7) is 3.52. The first-order chi connectivity index (χ1) is 11.6. The maximum Gasteiger partial charge on any atom is 0.238 e. The van der Waals surface area contributed by atoms with E-state index in [1.165, 1.54) is 18.2 Å². The van der Waals surface area contributed by atoms with Gasteiger partial charge in [-0.25, -0.2) is 9.37 Å². The van der Waals surface area contributed by atoms with Crippen molar-refractivity contribution in [2.75, 3.05) is 42.9 Å². The van der Waals surface area contributed by atoms with Crippen LogP contribution in [0.3, 0.4) is 0 Å². The van der Waals surface area contributed by atoms with E-state index < -0.39 is 5.82 Å². The lowest BCUT2D eigenvalue weighted by Crippen LogP contribution is -2.48. The van der Waals surface area contributed by atoms with Crippen LogP contribution >= 0.6 is 11.6 Å². The average molecular weight is 349 g/mol. The molecule has 7 heteroatoms. The average Bonchev–Trinajstić information content (AvgIpc) is 2.59. The van der Waals surface area contributed by atoms with Crippen molar-refractivity contribution in [1.29, 1.82) is 0 Å². The maximum atomic E-state index is 13.1. The van der Waals surface area contributed by atoms with Crippen molar-refractivity contribution >= 4 is 29.0 Å². The number of amides is 1. The Bertz CT molecular complexity index is 705. The van der Waals surface area contributed by atoms with Crippen LogP contribution in [0.1, 0.15) is 0 Å². The minimum Gasteiger partial charge on any atom is -0.354 e. The van der Waals surface area contributed by atoms with Gasteiger partial charge in [-0.15, -0.1) is 0 Å². The van der Waals surface area contributed by atoms with Crippen LogP contribution in [-0.2, 0) is 4.79 Å². The standard InChI is InChI=1S/C17H18ClFN4O/c18-14-11-13(4-5-15(14)19)21-17(24)12-22-7-9-23(10-8-22)16-3-1-2-6-20-16/h1-6,11H,7-10,12H2,(H,21,24). The van der Waals surface area contributed by atoms with Gasteiger partial charge < -0.3 is 10.2 Å². The summed E-state index contributed by atoms with van der Waals surface area (Å²) < 4.78 is 13.1. The molecule has 1 aromatic heterocycles. The maximum absolute atomic E-state index is 13.1. The lowest BCUT2D eigenvalue weighted by molar-refractivity contribution is -0.117. The quantitative estimate of drug-likeness (QED) is 0.922. The van der Waals surface area contributed by atoms with Crippen LogP contribution in [0.2, 0.25) is 5.02 Å². The van der Waals surface area contributed by atoms with Crippen LogP contribution in [0.4, 0.5) is 15.9 Å². The van der Waals surface area contributed by atoms with Gasteiger partial charge in [-0.2, -0.15) is 0 Å². The molecule has 1 amide bonds. The van der Waals surface area contributed by atoms with E-state index in [2.05, 4.69) is 20.1 Å². The van der Waals surface area contributed by atoms with Crippen LogP contribution in [0, 0.1) is 5.82 Å². The van der Waals surface area contributed by atoms with Gasteiger partial charge in [0, 0.05) is 38.1 Å². The van der Waals surface area contributed by atoms with E-state index in [0.29, 0.717) is 12.2 Å². The summed E-state index contributed by atoms with van der Waals surface area (Å²) in [4.78, 5) is 20.7. The summed E-state index contributed by atoms with van der Waals surface area (Å²) in [6.07, 6.45) is 1.78. The number of hydrogen-bond donors (Lipinski definition) is 1. The molecule has 3 rings (SSSR count).